The average molecular weight is 249 g/mol. The van der Waals surface area contributed by atoms with Gasteiger partial charge in [0.1, 0.15) is 0 Å². The van der Waals surface area contributed by atoms with Gasteiger partial charge in [0.2, 0.25) is 0 Å². The molecule has 0 bridgehead atoms. The van der Waals surface area contributed by atoms with Crippen molar-refractivity contribution in [2.75, 3.05) is 45.5 Å². The van der Waals surface area contributed by atoms with Gasteiger partial charge in [0, 0.05) is 37.9 Å². The van der Waals surface area contributed by atoms with E-state index >= 15 is 0 Å². The second kappa shape index (κ2) is 4.66. The maximum Gasteiger partial charge on any atom is 0.254 e. The molecule has 2 aliphatic rings. The van der Waals surface area contributed by atoms with Crippen LogP contribution in [0.2, 0.25) is 0 Å². The Morgan fingerprint density at radius 1 is 1.17 bits per heavy atom. The summed E-state index contributed by atoms with van der Waals surface area (Å²) in [6.45, 7) is 5.15. The van der Waals surface area contributed by atoms with Crippen LogP contribution in [0, 0.1) is 0 Å². The second-order valence-electron chi connectivity index (χ2n) is 4.98. The summed E-state index contributed by atoms with van der Waals surface area (Å²) in [6, 6.07) is 5.52. The summed E-state index contributed by atoms with van der Waals surface area (Å²) in [5.74, 6) is 1.55. The van der Waals surface area contributed by atoms with Crippen LogP contribution in [0.1, 0.15) is 0 Å². The van der Waals surface area contributed by atoms with Gasteiger partial charge in [-0.05, 0) is 19.2 Å². The Morgan fingerprint density at radius 3 is 2.67 bits per heavy atom. The standard InChI is InChI=1S/C13H19N3O2/c1-15-4-6-16(7-5-15)9-13-17-11-3-2-10(14)8-12(11)18-13/h2-3,8,13H,4-7,9,14H2,1H3/t13-/m0/s1. The number of fused-ring (bicyclic) bond motifs is 1. The molecule has 2 heterocycles. The van der Waals surface area contributed by atoms with Crippen LogP contribution in [-0.4, -0.2) is 55.9 Å². The van der Waals surface area contributed by atoms with Crippen molar-refractivity contribution in [2.24, 2.45) is 0 Å². The summed E-state index contributed by atoms with van der Waals surface area (Å²) >= 11 is 0. The Labute approximate surface area is 107 Å². The predicted octanol–water partition coefficient (Wildman–Crippen LogP) is 0.613. The topological polar surface area (TPSA) is 51.0 Å². The highest BCUT2D eigenvalue weighted by atomic mass is 16.7. The Morgan fingerprint density at radius 2 is 1.89 bits per heavy atom. The van der Waals surface area contributed by atoms with Crippen LogP contribution < -0.4 is 15.2 Å². The summed E-state index contributed by atoms with van der Waals surface area (Å²) < 4.78 is 11.5. The van der Waals surface area contributed by atoms with Gasteiger partial charge in [0.05, 0.1) is 6.54 Å². The number of hydrogen-bond donors (Lipinski definition) is 1. The Bertz CT molecular complexity index is 430. The first kappa shape index (κ1) is 11.6. The van der Waals surface area contributed by atoms with Gasteiger partial charge in [-0.25, -0.2) is 0 Å². The largest absolute Gasteiger partial charge is 0.450 e. The van der Waals surface area contributed by atoms with Gasteiger partial charge in [-0.2, -0.15) is 0 Å². The molecular weight excluding hydrogens is 230 g/mol. The minimum atomic E-state index is -0.204. The average Bonchev–Trinajstić information content (AvgIpc) is 2.73. The van der Waals surface area contributed by atoms with Crippen molar-refractivity contribution in [3.8, 4) is 11.5 Å². The van der Waals surface area contributed by atoms with Gasteiger partial charge in [-0.3, -0.25) is 4.90 Å². The third kappa shape index (κ3) is 2.37. The molecule has 0 unspecified atom stereocenters. The SMILES string of the molecule is CN1CCN(C[C@H]2Oc3ccc(N)cc3O2)CC1. The molecule has 18 heavy (non-hydrogen) atoms. The fourth-order valence-electron chi connectivity index (χ4n) is 2.34. The molecule has 1 aromatic rings. The van der Waals surface area contributed by atoms with Crippen molar-refractivity contribution in [1.29, 1.82) is 0 Å². The molecule has 5 heteroatoms. The van der Waals surface area contributed by atoms with E-state index in [1.165, 1.54) is 0 Å². The lowest BCUT2D eigenvalue weighted by molar-refractivity contribution is 0.00381. The molecule has 1 atom stereocenters. The van der Waals surface area contributed by atoms with Crippen molar-refractivity contribution in [2.45, 2.75) is 6.29 Å². The van der Waals surface area contributed by atoms with Gasteiger partial charge in [0.15, 0.2) is 11.5 Å². The van der Waals surface area contributed by atoms with Gasteiger partial charge in [0.25, 0.3) is 6.29 Å². The molecule has 0 aromatic heterocycles. The van der Waals surface area contributed by atoms with Crippen molar-refractivity contribution in [3.05, 3.63) is 18.2 Å². The Kier molecular flexibility index (Phi) is 3.01. The summed E-state index contributed by atoms with van der Waals surface area (Å²) in [4.78, 5) is 4.71. The zero-order valence-corrected chi connectivity index (χ0v) is 10.6. The van der Waals surface area contributed by atoms with Crippen LogP contribution in [0.4, 0.5) is 5.69 Å². The predicted molar refractivity (Wildman–Crippen MR) is 69.8 cm³/mol. The first-order valence-electron chi connectivity index (χ1n) is 6.34. The summed E-state index contributed by atoms with van der Waals surface area (Å²) in [6.07, 6.45) is -0.204. The molecule has 0 radical (unpaired) electrons. The summed E-state index contributed by atoms with van der Waals surface area (Å²) in [5.41, 5.74) is 6.43. The molecule has 98 valence electrons. The van der Waals surface area contributed by atoms with E-state index in [4.69, 9.17) is 15.2 Å². The Hall–Kier alpha value is -1.46. The molecular formula is C13H19N3O2. The highest BCUT2D eigenvalue weighted by Gasteiger charge is 2.27. The van der Waals surface area contributed by atoms with E-state index in [0.29, 0.717) is 5.69 Å². The number of hydrogen-bond acceptors (Lipinski definition) is 5. The monoisotopic (exact) mass is 249 g/mol. The van der Waals surface area contributed by atoms with Crippen LogP contribution in [0.5, 0.6) is 11.5 Å². The fourth-order valence-corrected chi connectivity index (χ4v) is 2.34. The molecule has 0 spiro atoms. The number of nitrogens with zero attached hydrogens (tertiary/aromatic N) is 2. The number of nitrogen functional groups attached to an aromatic ring is 1. The fraction of sp³-hybridized carbons (Fsp3) is 0.538. The van der Waals surface area contributed by atoms with Crippen LogP contribution in [0.3, 0.4) is 0 Å². The van der Waals surface area contributed by atoms with E-state index in [-0.39, 0.29) is 6.29 Å². The molecule has 1 aromatic carbocycles. The van der Waals surface area contributed by atoms with Gasteiger partial charge in [-0.1, -0.05) is 0 Å². The summed E-state index contributed by atoms with van der Waals surface area (Å²) in [5, 5.41) is 0. The minimum Gasteiger partial charge on any atom is -0.450 e. The molecule has 2 aliphatic heterocycles. The lowest BCUT2D eigenvalue weighted by Gasteiger charge is -2.33. The first-order chi connectivity index (χ1) is 8.70. The number of benzene rings is 1. The lowest BCUT2D eigenvalue weighted by atomic mass is 10.3. The number of ether oxygens (including phenoxy) is 2. The number of likely N-dealkylation sites (N-methyl/N-ethyl adjacent to an activating group) is 1. The molecule has 1 saturated heterocycles. The van der Waals surface area contributed by atoms with E-state index < -0.39 is 0 Å². The van der Waals surface area contributed by atoms with Crippen molar-refractivity contribution < 1.29 is 9.47 Å². The molecule has 0 saturated carbocycles. The van der Waals surface area contributed by atoms with Gasteiger partial charge >= 0.3 is 0 Å². The highest BCUT2D eigenvalue weighted by Crippen LogP contribution is 2.36. The molecule has 2 N–H and O–H groups in total. The molecule has 1 fully saturated rings. The maximum atomic E-state index is 5.76. The number of nitrogens with two attached hydrogens (primary N) is 1. The number of rotatable bonds is 2. The third-order valence-corrected chi connectivity index (χ3v) is 3.49. The molecule has 5 nitrogen and oxygen atoms in total. The number of anilines is 1. The van der Waals surface area contributed by atoms with E-state index in [2.05, 4.69) is 16.8 Å². The zero-order valence-electron chi connectivity index (χ0n) is 10.6. The molecule has 3 rings (SSSR count). The third-order valence-electron chi connectivity index (χ3n) is 3.49. The van der Waals surface area contributed by atoms with Crippen molar-refractivity contribution in [3.63, 3.8) is 0 Å². The van der Waals surface area contributed by atoms with Gasteiger partial charge < -0.3 is 20.1 Å². The normalized spacial score (nSPS) is 24.4. The van der Waals surface area contributed by atoms with Crippen LogP contribution in [0.25, 0.3) is 0 Å². The number of piperazine rings is 1. The van der Waals surface area contributed by atoms with Crippen molar-refractivity contribution >= 4 is 5.69 Å². The smallest absolute Gasteiger partial charge is 0.254 e. The quantitative estimate of drug-likeness (QED) is 0.778. The first-order valence-corrected chi connectivity index (χ1v) is 6.34. The van der Waals surface area contributed by atoms with Crippen LogP contribution >= 0.6 is 0 Å². The van der Waals surface area contributed by atoms with Gasteiger partial charge in [-0.15, -0.1) is 0 Å². The van der Waals surface area contributed by atoms with E-state index in [1.54, 1.807) is 0 Å². The van der Waals surface area contributed by atoms with E-state index in [1.807, 2.05) is 18.2 Å². The Balaban J connectivity index is 1.58. The maximum absolute atomic E-state index is 5.76. The van der Waals surface area contributed by atoms with Crippen LogP contribution in [-0.2, 0) is 0 Å². The lowest BCUT2D eigenvalue weighted by Crippen LogP contribution is -2.48. The molecule has 0 amide bonds. The van der Waals surface area contributed by atoms with Crippen LogP contribution in [0.15, 0.2) is 18.2 Å². The summed E-state index contributed by atoms with van der Waals surface area (Å²) in [7, 11) is 2.15. The molecule has 0 aliphatic carbocycles. The zero-order chi connectivity index (χ0) is 12.5. The van der Waals surface area contributed by atoms with E-state index in [9.17, 15) is 0 Å². The van der Waals surface area contributed by atoms with Crippen molar-refractivity contribution in [1.82, 2.24) is 9.80 Å². The second-order valence-corrected chi connectivity index (χ2v) is 4.98. The minimum absolute atomic E-state index is 0.204. The van der Waals surface area contributed by atoms with E-state index in [0.717, 1.165) is 44.2 Å². The highest BCUT2D eigenvalue weighted by molar-refractivity contribution is 5.53.